The first-order chi connectivity index (χ1) is 8.12. The molecular formula is C14H30N2O. The second-order valence-electron chi connectivity index (χ2n) is 2.98. The Kier molecular flexibility index (Phi) is 25.0. The molecule has 0 aliphatic carbocycles. The summed E-state index contributed by atoms with van der Waals surface area (Å²) >= 11 is 0. The van der Waals surface area contributed by atoms with Crippen LogP contribution in [0.4, 0.5) is 0 Å². The number of nitrogens with one attached hydrogen (secondary N) is 1. The summed E-state index contributed by atoms with van der Waals surface area (Å²) < 4.78 is 5.02. The average molecular weight is 242 g/mol. The van der Waals surface area contributed by atoms with E-state index in [9.17, 15) is 0 Å². The van der Waals surface area contributed by atoms with Gasteiger partial charge in [-0.05, 0) is 13.8 Å². The fourth-order valence-electron chi connectivity index (χ4n) is 0.600. The monoisotopic (exact) mass is 242 g/mol. The van der Waals surface area contributed by atoms with E-state index in [1.165, 1.54) is 6.42 Å². The molecule has 3 heteroatoms. The molecule has 0 bridgehead atoms. The Bertz CT molecular complexity index is 208. The maximum atomic E-state index is 5.02. The molecule has 0 radical (unpaired) electrons. The van der Waals surface area contributed by atoms with E-state index in [0.29, 0.717) is 6.61 Å². The van der Waals surface area contributed by atoms with E-state index in [1.807, 2.05) is 27.7 Å². The van der Waals surface area contributed by atoms with Crippen LogP contribution in [-0.4, -0.2) is 19.5 Å². The molecule has 3 nitrogen and oxygen atoms in total. The van der Waals surface area contributed by atoms with Crippen LogP contribution in [0.25, 0.3) is 0 Å². The number of allylic oxidation sites excluding steroid dienone is 1. The first-order valence-electron chi connectivity index (χ1n) is 6.29. The molecule has 0 saturated carbocycles. The fraction of sp³-hybridized carbons (Fsp3) is 0.643. The second kappa shape index (κ2) is 20.2. The van der Waals surface area contributed by atoms with Gasteiger partial charge in [0.15, 0.2) is 0 Å². The molecular weight excluding hydrogens is 212 g/mol. The van der Waals surface area contributed by atoms with Crippen LogP contribution in [0.15, 0.2) is 29.6 Å². The van der Waals surface area contributed by atoms with Gasteiger partial charge in [-0.2, -0.15) is 0 Å². The number of hydrogen-bond acceptors (Lipinski definition) is 2. The van der Waals surface area contributed by atoms with Crippen molar-refractivity contribution in [1.29, 1.82) is 0 Å². The molecule has 0 spiro atoms. The van der Waals surface area contributed by atoms with Crippen LogP contribution in [0.1, 0.15) is 48.0 Å². The second-order valence-corrected chi connectivity index (χ2v) is 2.98. The summed E-state index contributed by atoms with van der Waals surface area (Å²) in [6.07, 6.45) is 4.62. The molecule has 0 saturated heterocycles. The number of rotatable bonds is 4. The molecule has 0 aromatic heterocycles. The van der Waals surface area contributed by atoms with Crippen molar-refractivity contribution in [2.45, 2.75) is 48.0 Å². The van der Waals surface area contributed by atoms with E-state index in [-0.39, 0.29) is 0 Å². The van der Waals surface area contributed by atoms with Gasteiger partial charge in [-0.15, -0.1) is 0 Å². The lowest BCUT2D eigenvalue weighted by atomic mass is 10.5. The van der Waals surface area contributed by atoms with Gasteiger partial charge in [0.25, 0.3) is 0 Å². The van der Waals surface area contributed by atoms with Crippen LogP contribution in [0, 0.1) is 0 Å². The zero-order valence-corrected chi connectivity index (χ0v) is 12.6. The Hall–Kier alpha value is -1.25. The van der Waals surface area contributed by atoms with Crippen molar-refractivity contribution in [2.24, 2.45) is 4.99 Å². The average Bonchev–Trinajstić information content (AvgIpc) is 2.31. The molecule has 17 heavy (non-hydrogen) atoms. The van der Waals surface area contributed by atoms with Crippen LogP contribution >= 0.6 is 0 Å². The van der Waals surface area contributed by atoms with Crippen LogP contribution in [-0.2, 0) is 4.74 Å². The lowest BCUT2D eigenvalue weighted by Crippen LogP contribution is -2.18. The largest absolute Gasteiger partial charge is 0.501 e. The molecule has 0 atom stereocenters. The maximum Gasteiger partial charge on any atom is 0.127 e. The highest BCUT2D eigenvalue weighted by atomic mass is 16.5. The van der Waals surface area contributed by atoms with E-state index < -0.39 is 0 Å². The number of nitrogens with zero attached hydrogens (tertiary/aromatic N) is 1. The quantitative estimate of drug-likeness (QED) is 0.457. The number of hydrogen-bond donors (Lipinski definition) is 1. The van der Waals surface area contributed by atoms with Gasteiger partial charge in [0, 0.05) is 18.8 Å². The van der Waals surface area contributed by atoms with E-state index >= 15 is 0 Å². The minimum atomic E-state index is 0.667. The predicted octanol–water partition coefficient (Wildman–Crippen LogP) is 4.13. The summed E-state index contributed by atoms with van der Waals surface area (Å²) in [5, 5.41) is 2.98. The van der Waals surface area contributed by atoms with E-state index in [4.69, 9.17) is 4.74 Å². The number of ether oxygens (including phenoxy) is 1. The summed E-state index contributed by atoms with van der Waals surface area (Å²) in [4.78, 5) is 3.98. The van der Waals surface area contributed by atoms with Gasteiger partial charge in [-0.25, -0.2) is 0 Å². The summed E-state index contributed by atoms with van der Waals surface area (Å²) in [5.74, 6) is 0.746. The van der Waals surface area contributed by atoms with Crippen molar-refractivity contribution < 1.29 is 4.74 Å². The first kappa shape index (κ1) is 21.1. The van der Waals surface area contributed by atoms with Crippen molar-refractivity contribution in [3.05, 3.63) is 24.6 Å². The van der Waals surface area contributed by atoms with Gasteiger partial charge in [0.05, 0.1) is 12.9 Å². The van der Waals surface area contributed by atoms with Crippen molar-refractivity contribution in [3.63, 3.8) is 0 Å². The highest BCUT2D eigenvalue weighted by Crippen LogP contribution is 1.84. The Morgan fingerprint density at radius 3 is 2.06 bits per heavy atom. The fourth-order valence-corrected chi connectivity index (χ4v) is 0.600. The highest BCUT2D eigenvalue weighted by Gasteiger charge is 1.89. The highest BCUT2D eigenvalue weighted by molar-refractivity contribution is 5.93. The van der Waals surface area contributed by atoms with Crippen molar-refractivity contribution in [2.75, 3.05) is 13.7 Å². The third kappa shape index (κ3) is 25.2. The summed E-state index contributed by atoms with van der Waals surface area (Å²) in [7, 11) is 1.71. The SMILES string of the molecule is C=C(C)NC(/C=C/OCC)=NC.CC.CCC. The van der Waals surface area contributed by atoms with Gasteiger partial charge < -0.3 is 10.1 Å². The lowest BCUT2D eigenvalue weighted by molar-refractivity contribution is 0.269. The van der Waals surface area contributed by atoms with Crippen LogP contribution < -0.4 is 5.32 Å². The molecule has 0 unspecified atom stereocenters. The maximum absolute atomic E-state index is 5.02. The summed E-state index contributed by atoms with van der Waals surface area (Å²) in [6, 6.07) is 0. The van der Waals surface area contributed by atoms with Gasteiger partial charge >= 0.3 is 0 Å². The number of aliphatic imine (C=N–C) groups is 1. The van der Waals surface area contributed by atoms with Crippen molar-refractivity contribution in [1.82, 2.24) is 5.32 Å². The Labute approximate surface area is 108 Å². The van der Waals surface area contributed by atoms with Crippen LogP contribution in [0.3, 0.4) is 0 Å². The summed E-state index contributed by atoms with van der Waals surface area (Å²) in [5.41, 5.74) is 0.858. The molecule has 0 aromatic rings. The topological polar surface area (TPSA) is 33.6 Å². The molecule has 102 valence electrons. The van der Waals surface area contributed by atoms with E-state index in [0.717, 1.165) is 11.5 Å². The molecule has 0 fully saturated rings. The third-order valence-electron chi connectivity index (χ3n) is 1.07. The molecule has 0 aliphatic heterocycles. The number of amidine groups is 1. The molecule has 0 aliphatic rings. The predicted molar refractivity (Wildman–Crippen MR) is 79.4 cm³/mol. The van der Waals surface area contributed by atoms with Gasteiger partial charge in [-0.3, -0.25) is 4.99 Å². The zero-order chi connectivity index (χ0) is 14.1. The smallest absolute Gasteiger partial charge is 0.127 e. The van der Waals surface area contributed by atoms with E-state index in [2.05, 4.69) is 30.7 Å². The van der Waals surface area contributed by atoms with Gasteiger partial charge in [0.1, 0.15) is 5.84 Å². The van der Waals surface area contributed by atoms with E-state index in [1.54, 1.807) is 19.4 Å². The standard InChI is InChI=1S/C9H16N2O.C3H8.C2H6/c1-5-12-7-6-9(10-4)11-8(2)3;1-3-2;1-2/h6-7H,2,5H2,1,3-4H3,(H,10,11);3H2,1-2H3;1-2H3/b7-6+;;. The van der Waals surface area contributed by atoms with Crippen LogP contribution in [0.2, 0.25) is 0 Å². The normalized spacial score (nSPS) is 9.71. The Balaban J connectivity index is -0.000000337. The van der Waals surface area contributed by atoms with Crippen molar-refractivity contribution >= 4 is 5.84 Å². The summed E-state index contributed by atoms with van der Waals surface area (Å²) in [6.45, 7) is 16.4. The lowest BCUT2D eigenvalue weighted by Gasteiger charge is -2.03. The first-order valence-corrected chi connectivity index (χ1v) is 6.29. The molecule has 0 aromatic carbocycles. The minimum absolute atomic E-state index is 0.667. The molecule has 0 amide bonds. The Morgan fingerprint density at radius 1 is 1.29 bits per heavy atom. The minimum Gasteiger partial charge on any atom is -0.501 e. The molecule has 0 rings (SSSR count). The van der Waals surface area contributed by atoms with Gasteiger partial charge in [-0.1, -0.05) is 40.7 Å². The third-order valence-corrected chi connectivity index (χ3v) is 1.07. The molecule has 1 N–H and O–H groups in total. The van der Waals surface area contributed by atoms with Crippen LogP contribution in [0.5, 0.6) is 0 Å². The Morgan fingerprint density at radius 2 is 1.76 bits per heavy atom. The molecule has 0 heterocycles. The zero-order valence-electron chi connectivity index (χ0n) is 12.6. The van der Waals surface area contributed by atoms with Gasteiger partial charge in [0.2, 0.25) is 0 Å². The van der Waals surface area contributed by atoms with Crippen molar-refractivity contribution in [3.8, 4) is 0 Å².